The lowest BCUT2D eigenvalue weighted by molar-refractivity contribution is 0.101. The lowest BCUT2D eigenvalue weighted by Crippen LogP contribution is -2.27. The van der Waals surface area contributed by atoms with Gasteiger partial charge in [0.25, 0.3) is 11.5 Å². The summed E-state index contributed by atoms with van der Waals surface area (Å²) in [5.74, 6) is 1.03. The maximum Gasteiger partial charge on any atom is 0.276 e. The van der Waals surface area contributed by atoms with E-state index >= 15 is 0 Å². The Kier molecular flexibility index (Phi) is 5.12. The summed E-state index contributed by atoms with van der Waals surface area (Å²) in [7, 11) is 0. The van der Waals surface area contributed by atoms with Gasteiger partial charge >= 0.3 is 0 Å². The molecule has 6 heteroatoms. The molecule has 26 heavy (non-hydrogen) atoms. The van der Waals surface area contributed by atoms with Crippen molar-refractivity contribution in [2.45, 2.75) is 19.9 Å². The molecule has 132 valence electrons. The van der Waals surface area contributed by atoms with Gasteiger partial charge in [0.2, 0.25) is 0 Å². The van der Waals surface area contributed by atoms with Crippen LogP contribution < -0.4 is 15.6 Å². The van der Waals surface area contributed by atoms with Crippen molar-refractivity contribution in [3.63, 3.8) is 0 Å². The fourth-order valence-corrected chi connectivity index (χ4v) is 2.34. The second kappa shape index (κ2) is 7.65. The van der Waals surface area contributed by atoms with Crippen molar-refractivity contribution in [1.29, 1.82) is 0 Å². The zero-order valence-electron chi connectivity index (χ0n) is 14.5. The molecule has 1 amide bonds. The number of amides is 1. The topological polar surface area (TPSA) is 73.2 Å². The molecule has 0 fully saturated rings. The molecular weight excluding hydrogens is 330 g/mol. The predicted molar refractivity (Wildman–Crippen MR) is 99.8 cm³/mol. The number of ether oxygens (including phenoxy) is 1. The van der Waals surface area contributed by atoms with Gasteiger partial charge in [-0.2, -0.15) is 5.10 Å². The van der Waals surface area contributed by atoms with Gasteiger partial charge in [-0.05, 0) is 56.3 Å². The molecule has 2 aromatic carbocycles. The van der Waals surface area contributed by atoms with Crippen molar-refractivity contribution in [2.24, 2.45) is 0 Å². The number of carbonyl (C=O) groups is 1. The van der Waals surface area contributed by atoms with E-state index in [9.17, 15) is 9.59 Å². The van der Waals surface area contributed by atoms with E-state index in [2.05, 4.69) is 10.4 Å². The Balaban J connectivity index is 1.70. The van der Waals surface area contributed by atoms with Crippen LogP contribution >= 0.6 is 0 Å². The molecule has 0 saturated heterocycles. The van der Waals surface area contributed by atoms with Crippen LogP contribution in [0.2, 0.25) is 0 Å². The Labute approximate surface area is 151 Å². The molecule has 0 bridgehead atoms. The van der Waals surface area contributed by atoms with Crippen LogP contribution in [0.25, 0.3) is 0 Å². The van der Waals surface area contributed by atoms with Gasteiger partial charge in [0.15, 0.2) is 0 Å². The zero-order valence-corrected chi connectivity index (χ0v) is 14.5. The van der Waals surface area contributed by atoms with E-state index in [4.69, 9.17) is 4.74 Å². The molecule has 0 aliphatic carbocycles. The zero-order chi connectivity index (χ0) is 18.5. The highest BCUT2D eigenvalue weighted by Crippen LogP contribution is 2.22. The fraction of sp³-hybridized carbons (Fsp3) is 0.150. The second-order valence-electron chi connectivity index (χ2n) is 5.99. The van der Waals surface area contributed by atoms with E-state index in [1.54, 1.807) is 24.3 Å². The number of hydrogen-bond donors (Lipinski definition) is 1. The maximum absolute atomic E-state index is 12.4. The summed E-state index contributed by atoms with van der Waals surface area (Å²) in [6.07, 6.45) is 0. The predicted octanol–water partition coefficient (Wildman–Crippen LogP) is 3.87. The highest BCUT2D eigenvalue weighted by atomic mass is 16.5. The fourth-order valence-electron chi connectivity index (χ4n) is 2.34. The molecular formula is C20H19N3O3. The van der Waals surface area contributed by atoms with Crippen molar-refractivity contribution in [3.8, 4) is 11.5 Å². The Morgan fingerprint density at radius 3 is 2.27 bits per heavy atom. The number of para-hydroxylation sites is 1. The van der Waals surface area contributed by atoms with Crippen LogP contribution in [0.1, 0.15) is 30.4 Å². The van der Waals surface area contributed by atoms with Gasteiger partial charge in [-0.3, -0.25) is 9.59 Å². The van der Waals surface area contributed by atoms with Crippen LogP contribution in [0.15, 0.2) is 71.5 Å². The Hall–Kier alpha value is -3.41. The Morgan fingerprint density at radius 1 is 0.962 bits per heavy atom. The number of rotatable bonds is 5. The molecule has 1 aromatic heterocycles. The Morgan fingerprint density at radius 2 is 1.62 bits per heavy atom. The highest BCUT2D eigenvalue weighted by Gasteiger charge is 2.11. The van der Waals surface area contributed by atoms with Crippen molar-refractivity contribution >= 4 is 11.6 Å². The molecule has 0 radical (unpaired) electrons. The number of hydrogen-bond acceptors (Lipinski definition) is 4. The monoisotopic (exact) mass is 349 g/mol. The number of nitrogens with zero attached hydrogens (tertiary/aromatic N) is 2. The number of anilines is 1. The summed E-state index contributed by atoms with van der Waals surface area (Å²) in [5, 5.41) is 6.87. The van der Waals surface area contributed by atoms with Gasteiger partial charge in [-0.1, -0.05) is 18.2 Å². The minimum absolute atomic E-state index is 0.121. The third-order valence-electron chi connectivity index (χ3n) is 3.64. The molecule has 1 N–H and O–H groups in total. The summed E-state index contributed by atoms with van der Waals surface area (Å²) in [6.45, 7) is 3.67. The standard InChI is InChI=1S/C20H19N3O3/c1-14(2)23-19(24)13-12-18(22-23)20(25)21-15-8-10-17(11-9-15)26-16-6-4-3-5-7-16/h3-14H,1-2H3,(H,21,25). The largest absolute Gasteiger partial charge is 0.457 e. The molecule has 0 unspecified atom stereocenters. The SMILES string of the molecule is CC(C)n1nc(C(=O)Nc2ccc(Oc3ccccc3)cc2)ccc1=O. The molecule has 3 aromatic rings. The van der Waals surface area contributed by atoms with Crippen LogP contribution in [0.4, 0.5) is 5.69 Å². The smallest absolute Gasteiger partial charge is 0.276 e. The van der Waals surface area contributed by atoms with Crippen LogP contribution in [0.5, 0.6) is 11.5 Å². The molecule has 0 spiro atoms. The summed E-state index contributed by atoms with van der Waals surface area (Å²) >= 11 is 0. The summed E-state index contributed by atoms with van der Waals surface area (Å²) in [6, 6.07) is 19.1. The third-order valence-corrected chi connectivity index (χ3v) is 3.64. The van der Waals surface area contributed by atoms with Crippen LogP contribution in [0, 0.1) is 0 Å². The van der Waals surface area contributed by atoms with Crippen molar-refractivity contribution < 1.29 is 9.53 Å². The van der Waals surface area contributed by atoms with Gasteiger partial charge in [0.05, 0.1) is 6.04 Å². The number of benzene rings is 2. The summed E-state index contributed by atoms with van der Waals surface area (Å²) in [4.78, 5) is 24.1. The van der Waals surface area contributed by atoms with E-state index in [0.717, 1.165) is 5.75 Å². The van der Waals surface area contributed by atoms with Crippen molar-refractivity contribution in [3.05, 3.63) is 82.8 Å². The van der Waals surface area contributed by atoms with E-state index in [1.807, 2.05) is 44.2 Å². The molecule has 0 saturated carbocycles. The first kappa shape index (κ1) is 17.4. The summed E-state index contributed by atoms with van der Waals surface area (Å²) in [5.41, 5.74) is 0.557. The van der Waals surface area contributed by atoms with E-state index < -0.39 is 0 Å². The van der Waals surface area contributed by atoms with Gasteiger partial charge in [-0.25, -0.2) is 4.68 Å². The minimum atomic E-state index is -0.379. The molecule has 6 nitrogen and oxygen atoms in total. The number of nitrogens with one attached hydrogen (secondary N) is 1. The first-order valence-electron chi connectivity index (χ1n) is 8.27. The molecule has 0 atom stereocenters. The highest BCUT2D eigenvalue weighted by molar-refractivity contribution is 6.02. The lowest BCUT2D eigenvalue weighted by Gasteiger charge is -2.10. The number of carbonyl (C=O) groups excluding carboxylic acids is 1. The average molecular weight is 349 g/mol. The van der Waals surface area contributed by atoms with Crippen LogP contribution in [-0.2, 0) is 0 Å². The van der Waals surface area contributed by atoms with E-state index in [0.29, 0.717) is 11.4 Å². The third kappa shape index (κ3) is 4.16. The van der Waals surface area contributed by atoms with E-state index in [-0.39, 0.29) is 23.2 Å². The first-order chi connectivity index (χ1) is 12.5. The average Bonchev–Trinajstić information content (AvgIpc) is 2.64. The molecule has 0 aliphatic heterocycles. The van der Waals surface area contributed by atoms with Crippen LogP contribution in [-0.4, -0.2) is 15.7 Å². The van der Waals surface area contributed by atoms with Gasteiger partial charge in [0.1, 0.15) is 17.2 Å². The lowest BCUT2D eigenvalue weighted by atomic mass is 10.2. The minimum Gasteiger partial charge on any atom is -0.457 e. The van der Waals surface area contributed by atoms with Crippen molar-refractivity contribution in [1.82, 2.24) is 9.78 Å². The second-order valence-corrected chi connectivity index (χ2v) is 5.99. The number of aromatic nitrogens is 2. The molecule has 1 heterocycles. The summed E-state index contributed by atoms with van der Waals surface area (Å²) < 4.78 is 7.00. The van der Waals surface area contributed by atoms with Crippen molar-refractivity contribution in [2.75, 3.05) is 5.32 Å². The normalized spacial score (nSPS) is 10.6. The van der Waals surface area contributed by atoms with Gasteiger partial charge < -0.3 is 10.1 Å². The van der Waals surface area contributed by atoms with E-state index in [1.165, 1.54) is 16.8 Å². The van der Waals surface area contributed by atoms with Gasteiger partial charge in [-0.15, -0.1) is 0 Å². The quantitative estimate of drug-likeness (QED) is 0.759. The van der Waals surface area contributed by atoms with Crippen LogP contribution in [0.3, 0.4) is 0 Å². The first-order valence-corrected chi connectivity index (χ1v) is 8.27. The molecule has 3 rings (SSSR count). The maximum atomic E-state index is 12.4. The molecule has 0 aliphatic rings. The Bertz CT molecular complexity index is 948. The van der Waals surface area contributed by atoms with Gasteiger partial charge in [0, 0.05) is 11.8 Å².